The molecule has 0 spiro atoms. The molecule has 21 heavy (non-hydrogen) atoms. The molecule has 0 aromatic carbocycles. The lowest BCUT2D eigenvalue weighted by Gasteiger charge is -2.38. The van der Waals surface area contributed by atoms with Crippen LogP contribution in [0.5, 0.6) is 0 Å². The Morgan fingerprint density at radius 3 is 2.62 bits per heavy atom. The zero-order valence-electron chi connectivity index (χ0n) is 14.4. The molecule has 1 heterocycles. The van der Waals surface area contributed by atoms with Gasteiger partial charge in [0, 0.05) is 38.9 Å². The van der Waals surface area contributed by atoms with E-state index in [9.17, 15) is 4.79 Å². The normalized spacial score (nSPS) is 24.8. The van der Waals surface area contributed by atoms with Crippen molar-refractivity contribution >= 4 is 6.09 Å². The molecule has 3 atom stereocenters. The monoisotopic (exact) mass is 300 g/mol. The van der Waals surface area contributed by atoms with Gasteiger partial charge in [-0.05, 0) is 46.5 Å². The minimum Gasteiger partial charge on any atom is -0.444 e. The number of nitrogens with zero attached hydrogens (tertiary/aromatic N) is 1. The number of amides is 1. The number of hydrogen-bond donors (Lipinski definition) is 1. The molecule has 1 rings (SSSR count). The predicted molar refractivity (Wildman–Crippen MR) is 84.5 cm³/mol. The van der Waals surface area contributed by atoms with Gasteiger partial charge in [0.1, 0.15) is 5.60 Å². The van der Waals surface area contributed by atoms with Crippen molar-refractivity contribution in [3.05, 3.63) is 0 Å². The number of ether oxygens (including phenoxy) is 2. The standard InChI is InChI=1S/C16H32N2O3/c1-12(11-20-6)10-17-14-7-8-18(13(2)9-14)15(19)21-16(3,4)5/h12-14,17H,7-11H2,1-6H3. The number of methoxy groups -OCH3 is 1. The summed E-state index contributed by atoms with van der Waals surface area (Å²) in [6.07, 6.45) is 1.75. The number of carbonyl (C=O) groups is 1. The first-order valence-electron chi connectivity index (χ1n) is 7.95. The van der Waals surface area contributed by atoms with Gasteiger partial charge in [-0.2, -0.15) is 0 Å². The predicted octanol–water partition coefficient (Wildman–Crippen LogP) is 2.65. The smallest absolute Gasteiger partial charge is 0.410 e. The van der Waals surface area contributed by atoms with Gasteiger partial charge in [-0.3, -0.25) is 0 Å². The highest BCUT2D eigenvalue weighted by Gasteiger charge is 2.31. The SMILES string of the molecule is COCC(C)CNC1CCN(C(=O)OC(C)(C)C)C(C)C1. The third-order valence-corrected chi connectivity index (χ3v) is 3.71. The van der Waals surface area contributed by atoms with Crippen molar-refractivity contribution in [2.45, 2.75) is 65.1 Å². The lowest BCUT2D eigenvalue weighted by atomic mass is 9.98. The van der Waals surface area contributed by atoms with Crippen LogP contribution < -0.4 is 5.32 Å². The van der Waals surface area contributed by atoms with E-state index in [0.717, 1.165) is 32.5 Å². The van der Waals surface area contributed by atoms with Gasteiger partial charge in [-0.1, -0.05) is 6.92 Å². The number of carbonyl (C=O) groups excluding carboxylic acids is 1. The molecule has 0 saturated carbocycles. The van der Waals surface area contributed by atoms with Gasteiger partial charge in [0.15, 0.2) is 0 Å². The van der Waals surface area contributed by atoms with E-state index < -0.39 is 5.60 Å². The van der Waals surface area contributed by atoms with Crippen LogP contribution in [0.3, 0.4) is 0 Å². The Hall–Kier alpha value is -0.810. The van der Waals surface area contributed by atoms with E-state index in [4.69, 9.17) is 9.47 Å². The number of piperidine rings is 1. The number of nitrogens with one attached hydrogen (secondary N) is 1. The van der Waals surface area contributed by atoms with E-state index in [1.54, 1.807) is 7.11 Å². The molecule has 5 heteroatoms. The second kappa shape index (κ2) is 7.99. The zero-order valence-corrected chi connectivity index (χ0v) is 14.4. The summed E-state index contributed by atoms with van der Waals surface area (Å²) in [6.45, 7) is 12.5. The van der Waals surface area contributed by atoms with Crippen LogP contribution in [-0.4, -0.2) is 55.5 Å². The first-order valence-corrected chi connectivity index (χ1v) is 7.95. The second-order valence-corrected chi connectivity index (χ2v) is 7.21. The van der Waals surface area contributed by atoms with E-state index in [1.165, 1.54) is 0 Å². The fraction of sp³-hybridized carbons (Fsp3) is 0.938. The molecule has 0 aromatic heterocycles. The quantitative estimate of drug-likeness (QED) is 0.848. The summed E-state index contributed by atoms with van der Waals surface area (Å²) < 4.78 is 10.6. The summed E-state index contributed by atoms with van der Waals surface area (Å²) in [5.41, 5.74) is -0.429. The highest BCUT2D eigenvalue weighted by molar-refractivity contribution is 5.68. The van der Waals surface area contributed by atoms with Gasteiger partial charge < -0.3 is 19.7 Å². The van der Waals surface area contributed by atoms with E-state index in [0.29, 0.717) is 12.0 Å². The summed E-state index contributed by atoms with van der Waals surface area (Å²) in [5.74, 6) is 0.509. The van der Waals surface area contributed by atoms with Crippen molar-refractivity contribution in [2.24, 2.45) is 5.92 Å². The molecule has 0 bridgehead atoms. The molecular weight excluding hydrogens is 268 g/mol. The van der Waals surface area contributed by atoms with Crippen LogP contribution in [0.25, 0.3) is 0 Å². The molecule has 1 fully saturated rings. The fourth-order valence-electron chi connectivity index (χ4n) is 2.66. The number of hydrogen-bond acceptors (Lipinski definition) is 4. The van der Waals surface area contributed by atoms with Crippen LogP contribution in [-0.2, 0) is 9.47 Å². The molecule has 5 nitrogen and oxygen atoms in total. The van der Waals surface area contributed by atoms with Crippen LogP contribution in [0, 0.1) is 5.92 Å². The molecule has 1 saturated heterocycles. The first-order chi connectivity index (χ1) is 9.73. The Kier molecular flexibility index (Phi) is 6.94. The molecule has 0 aromatic rings. The van der Waals surface area contributed by atoms with Crippen LogP contribution in [0.15, 0.2) is 0 Å². The minimum absolute atomic E-state index is 0.193. The van der Waals surface area contributed by atoms with Gasteiger partial charge in [0.2, 0.25) is 0 Å². The zero-order chi connectivity index (χ0) is 16.0. The molecule has 1 amide bonds. The maximum Gasteiger partial charge on any atom is 0.410 e. The summed E-state index contributed by atoms with van der Waals surface area (Å²) >= 11 is 0. The Morgan fingerprint density at radius 2 is 2.10 bits per heavy atom. The van der Waals surface area contributed by atoms with Crippen molar-refractivity contribution in [3.8, 4) is 0 Å². The first kappa shape index (κ1) is 18.2. The van der Waals surface area contributed by atoms with E-state index in [-0.39, 0.29) is 12.1 Å². The summed E-state index contributed by atoms with van der Waals surface area (Å²) in [6, 6.07) is 0.682. The largest absolute Gasteiger partial charge is 0.444 e. The van der Waals surface area contributed by atoms with Crippen molar-refractivity contribution in [2.75, 3.05) is 26.8 Å². The maximum absolute atomic E-state index is 12.1. The maximum atomic E-state index is 12.1. The third kappa shape index (κ3) is 6.66. The van der Waals surface area contributed by atoms with Gasteiger partial charge in [-0.15, -0.1) is 0 Å². The second-order valence-electron chi connectivity index (χ2n) is 7.21. The Bertz CT molecular complexity index is 328. The lowest BCUT2D eigenvalue weighted by Crippen LogP contribution is -2.51. The van der Waals surface area contributed by atoms with Crippen LogP contribution in [0.4, 0.5) is 4.79 Å². The van der Waals surface area contributed by atoms with Crippen molar-refractivity contribution in [1.29, 1.82) is 0 Å². The Morgan fingerprint density at radius 1 is 1.43 bits per heavy atom. The Balaban J connectivity index is 2.38. The van der Waals surface area contributed by atoms with Crippen molar-refractivity contribution in [3.63, 3.8) is 0 Å². The topological polar surface area (TPSA) is 50.8 Å². The molecule has 1 N–H and O–H groups in total. The van der Waals surface area contributed by atoms with Gasteiger partial charge >= 0.3 is 6.09 Å². The molecule has 1 aliphatic heterocycles. The van der Waals surface area contributed by atoms with Crippen LogP contribution >= 0.6 is 0 Å². The van der Waals surface area contributed by atoms with E-state index >= 15 is 0 Å². The number of rotatable bonds is 5. The average Bonchev–Trinajstić information content (AvgIpc) is 2.34. The highest BCUT2D eigenvalue weighted by atomic mass is 16.6. The minimum atomic E-state index is -0.429. The number of likely N-dealkylation sites (tertiary alicyclic amines) is 1. The third-order valence-electron chi connectivity index (χ3n) is 3.71. The molecular formula is C16H32N2O3. The van der Waals surface area contributed by atoms with Gasteiger partial charge in [0.05, 0.1) is 0 Å². The van der Waals surface area contributed by atoms with Crippen molar-refractivity contribution in [1.82, 2.24) is 10.2 Å². The van der Waals surface area contributed by atoms with Gasteiger partial charge in [0.25, 0.3) is 0 Å². The van der Waals surface area contributed by atoms with Gasteiger partial charge in [-0.25, -0.2) is 4.79 Å². The van der Waals surface area contributed by atoms with Crippen LogP contribution in [0.1, 0.15) is 47.5 Å². The molecule has 0 aliphatic carbocycles. The van der Waals surface area contributed by atoms with E-state index in [1.807, 2.05) is 25.7 Å². The lowest BCUT2D eigenvalue weighted by molar-refractivity contribution is 0.00917. The molecule has 3 unspecified atom stereocenters. The molecule has 1 aliphatic rings. The fourth-order valence-corrected chi connectivity index (χ4v) is 2.66. The summed E-state index contributed by atoms with van der Waals surface area (Å²) in [5, 5.41) is 3.59. The molecule has 124 valence electrons. The molecule has 0 radical (unpaired) electrons. The highest BCUT2D eigenvalue weighted by Crippen LogP contribution is 2.20. The Labute approximate surface area is 129 Å². The average molecular weight is 300 g/mol. The van der Waals surface area contributed by atoms with E-state index in [2.05, 4.69) is 19.2 Å². The summed E-state index contributed by atoms with van der Waals surface area (Å²) in [7, 11) is 1.73. The van der Waals surface area contributed by atoms with Crippen LogP contribution in [0.2, 0.25) is 0 Å². The summed E-state index contributed by atoms with van der Waals surface area (Å²) in [4.78, 5) is 14.0. The van der Waals surface area contributed by atoms with Crippen molar-refractivity contribution < 1.29 is 14.3 Å².